The van der Waals surface area contributed by atoms with E-state index in [1.165, 1.54) is 51.0 Å². The molecule has 0 spiro atoms. The Morgan fingerprint density at radius 3 is 2.71 bits per heavy atom. The molecule has 0 aromatic heterocycles. The van der Waals surface area contributed by atoms with Gasteiger partial charge in [0.1, 0.15) is 0 Å². The molecule has 24 heavy (non-hydrogen) atoms. The molecule has 0 heterocycles. The maximum atomic E-state index is 12.4. The lowest BCUT2D eigenvalue weighted by Crippen LogP contribution is -2.51. The lowest BCUT2D eigenvalue weighted by molar-refractivity contribution is -0.155. The van der Waals surface area contributed by atoms with Crippen LogP contribution in [0.2, 0.25) is 0 Å². The third-order valence-electron chi connectivity index (χ3n) is 8.07. The minimum absolute atomic E-state index is 0.00219. The minimum Gasteiger partial charge on any atom is -0.454 e. The highest BCUT2D eigenvalue weighted by Gasteiger charge is 2.57. The van der Waals surface area contributed by atoms with Crippen LogP contribution < -0.4 is 0 Å². The molecule has 4 aliphatic rings. The van der Waals surface area contributed by atoms with Crippen LogP contribution in [-0.2, 0) is 14.3 Å². The first-order chi connectivity index (χ1) is 11.3. The van der Waals surface area contributed by atoms with Gasteiger partial charge in [0, 0.05) is 13.3 Å². The van der Waals surface area contributed by atoms with Crippen molar-refractivity contribution in [3.63, 3.8) is 0 Å². The van der Waals surface area contributed by atoms with Crippen molar-refractivity contribution >= 4 is 11.8 Å². The summed E-state index contributed by atoms with van der Waals surface area (Å²) in [5.74, 6) is 1.96. The van der Waals surface area contributed by atoms with E-state index in [-0.39, 0.29) is 17.2 Å². The smallest absolute Gasteiger partial charge is 0.303 e. The van der Waals surface area contributed by atoms with Crippen molar-refractivity contribution in [3.05, 3.63) is 11.6 Å². The van der Waals surface area contributed by atoms with E-state index in [4.69, 9.17) is 4.74 Å². The van der Waals surface area contributed by atoms with Crippen molar-refractivity contribution in [1.29, 1.82) is 0 Å². The first kappa shape index (κ1) is 16.4. The fourth-order valence-corrected chi connectivity index (χ4v) is 6.89. The third-order valence-corrected chi connectivity index (χ3v) is 8.07. The molecule has 0 N–H and O–H groups in total. The molecule has 0 aromatic rings. The number of rotatable bonds is 1. The number of hydrogen-bond acceptors (Lipinski definition) is 3. The second-order valence-corrected chi connectivity index (χ2v) is 9.29. The fraction of sp³-hybridized carbons (Fsp3) is 0.810. The van der Waals surface area contributed by atoms with Crippen molar-refractivity contribution in [3.8, 4) is 0 Å². The number of esters is 1. The van der Waals surface area contributed by atoms with E-state index >= 15 is 0 Å². The number of allylic oxidation sites excluding steroid dienone is 1. The molecular weight excluding hydrogens is 300 g/mol. The van der Waals surface area contributed by atoms with Crippen LogP contribution in [0.5, 0.6) is 0 Å². The highest BCUT2D eigenvalue weighted by atomic mass is 16.5. The second kappa shape index (κ2) is 5.44. The van der Waals surface area contributed by atoms with Crippen LogP contribution in [0, 0.1) is 28.6 Å². The molecule has 3 saturated carbocycles. The van der Waals surface area contributed by atoms with Crippen LogP contribution in [0.25, 0.3) is 0 Å². The predicted molar refractivity (Wildman–Crippen MR) is 92.3 cm³/mol. The third kappa shape index (κ3) is 2.30. The summed E-state index contributed by atoms with van der Waals surface area (Å²) >= 11 is 0. The van der Waals surface area contributed by atoms with Crippen molar-refractivity contribution in [1.82, 2.24) is 0 Å². The lowest BCUT2D eigenvalue weighted by Gasteiger charge is -2.57. The Hall–Kier alpha value is -1.12. The average molecular weight is 330 g/mol. The maximum Gasteiger partial charge on any atom is 0.303 e. The van der Waals surface area contributed by atoms with Gasteiger partial charge in [-0.1, -0.05) is 25.8 Å². The quantitative estimate of drug-likeness (QED) is 0.667. The Labute approximate surface area is 145 Å². The van der Waals surface area contributed by atoms with Gasteiger partial charge in [-0.25, -0.2) is 0 Å². The molecular formula is C21H30O3. The first-order valence-electron chi connectivity index (χ1n) is 9.76. The monoisotopic (exact) mass is 330 g/mol. The number of ether oxygens (including phenoxy) is 1. The van der Waals surface area contributed by atoms with Crippen LogP contribution in [0.3, 0.4) is 0 Å². The van der Waals surface area contributed by atoms with Crippen LogP contribution in [-0.4, -0.2) is 17.9 Å². The van der Waals surface area contributed by atoms with Gasteiger partial charge in [-0.05, 0) is 73.2 Å². The lowest BCUT2D eigenvalue weighted by atomic mass is 9.47. The molecule has 0 bridgehead atoms. The summed E-state index contributed by atoms with van der Waals surface area (Å²) in [6.45, 7) is 6.26. The van der Waals surface area contributed by atoms with E-state index in [2.05, 4.69) is 13.8 Å². The highest BCUT2D eigenvalue weighted by molar-refractivity contribution is 5.96. The van der Waals surface area contributed by atoms with Gasteiger partial charge in [0.25, 0.3) is 0 Å². The molecule has 0 radical (unpaired) electrons. The Kier molecular flexibility index (Phi) is 3.71. The van der Waals surface area contributed by atoms with Gasteiger partial charge < -0.3 is 4.74 Å². The Morgan fingerprint density at radius 1 is 1.17 bits per heavy atom. The Balaban J connectivity index is 1.65. The van der Waals surface area contributed by atoms with Crippen molar-refractivity contribution in [2.24, 2.45) is 28.6 Å². The predicted octanol–water partition coefficient (Wildman–Crippen LogP) is 4.45. The summed E-state index contributed by atoms with van der Waals surface area (Å²) in [7, 11) is 0. The number of fused-ring (bicyclic) bond motifs is 5. The number of hydrogen-bond donors (Lipinski definition) is 0. The van der Waals surface area contributed by atoms with Crippen LogP contribution in [0.15, 0.2) is 11.6 Å². The van der Waals surface area contributed by atoms with E-state index in [1.54, 1.807) is 0 Å². The summed E-state index contributed by atoms with van der Waals surface area (Å²) in [6.07, 6.45) is 11.0. The summed E-state index contributed by atoms with van der Waals surface area (Å²) < 4.78 is 5.37. The van der Waals surface area contributed by atoms with Crippen LogP contribution in [0.4, 0.5) is 0 Å². The summed E-state index contributed by atoms with van der Waals surface area (Å²) in [5, 5.41) is 0. The summed E-state index contributed by atoms with van der Waals surface area (Å²) in [4.78, 5) is 23.8. The number of carbonyl (C=O) groups is 2. The molecule has 3 nitrogen and oxygen atoms in total. The van der Waals surface area contributed by atoms with Crippen molar-refractivity contribution in [2.45, 2.75) is 78.2 Å². The van der Waals surface area contributed by atoms with Gasteiger partial charge in [-0.2, -0.15) is 0 Å². The molecule has 4 aliphatic carbocycles. The van der Waals surface area contributed by atoms with Gasteiger partial charge >= 0.3 is 5.97 Å². The fourth-order valence-electron chi connectivity index (χ4n) is 6.89. The molecule has 6 atom stereocenters. The molecule has 0 aromatic carbocycles. The van der Waals surface area contributed by atoms with Crippen molar-refractivity contribution < 1.29 is 14.3 Å². The van der Waals surface area contributed by atoms with Gasteiger partial charge in [0.05, 0.1) is 0 Å². The van der Waals surface area contributed by atoms with E-state index in [1.807, 2.05) is 6.08 Å². The SMILES string of the molecule is CC(=O)OC1CC2(C)C(=CC1=O)CCC1C3CCCC3(C)CCC12. The molecule has 0 saturated heterocycles. The Morgan fingerprint density at radius 2 is 1.96 bits per heavy atom. The maximum absolute atomic E-state index is 12.4. The molecule has 132 valence electrons. The zero-order valence-electron chi connectivity index (χ0n) is 15.3. The first-order valence-corrected chi connectivity index (χ1v) is 9.76. The Bertz CT molecular complexity index is 606. The van der Waals surface area contributed by atoms with Crippen LogP contribution >= 0.6 is 0 Å². The van der Waals surface area contributed by atoms with Crippen molar-refractivity contribution in [2.75, 3.05) is 0 Å². The van der Waals surface area contributed by atoms with Gasteiger partial charge in [-0.15, -0.1) is 0 Å². The van der Waals surface area contributed by atoms with Crippen LogP contribution in [0.1, 0.15) is 72.1 Å². The van der Waals surface area contributed by atoms with E-state index in [9.17, 15) is 9.59 Å². The zero-order chi connectivity index (χ0) is 17.1. The summed E-state index contributed by atoms with van der Waals surface area (Å²) in [5.41, 5.74) is 1.93. The summed E-state index contributed by atoms with van der Waals surface area (Å²) in [6, 6.07) is 0. The average Bonchev–Trinajstić information content (AvgIpc) is 2.90. The minimum atomic E-state index is -0.563. The normalized spacial score (nSPS) is 47.3. The van der Waals surface area contributed by atoms with E-state index in [0.717, 1.165) is 18.3 Å². The molecule has 4 rings (SSSR count). The number of ketones is 1. The standard InChI is InChI=1S/C21H30O3/c1-13(22)24-19-12-21(3)14(11-18(19)23)6-7-15-16-5-4-9-20(16,2)10-8-17(15)21/h11,15-17,19H,4-10,12H2,1-3H3. The van der Waals surface area contributed by atoms with Gasteiger partial charge in [-0.3, -0.25) is 9.59 Å². The van der Waals surface area contributed by atoms with Gasteiger partial charge in [0.2, 0.25) is 0 Å². The largest absolute Gasteiger partial charge is 0.454 e. The zero-order valence-corrected chi connectivity index (χ0v) is 15.3. The molecule has 0 aliphatic heterocycles. The van der Waals surface area contributed by atoms with E-state index in [0.29, 0.717) is 17.8 Å². The second-order valence-electron chi connectivity index (χ2n) is 9.29. The van der Waals surface area contributed by atoms with E-state index < -0.39 is 6.10 Å². The molecule has 0 amide bonds. The molecule has 3 fully saturated rings. The number of carbonyl (C=O) groups excluding carboxylic acids is 2. The highest BCUT2D eigenvalue weighted by Crippen LogP contribution is 2.65. The topological polar surface area (TPSA) is 43.4 Å². The molecule has 3 heteroatoms. The van der Waals surface area contributed by atoms with Gasteiger partial charge in [0.15, 0.2) is 11.9 Å². The molecule has 6 unspecified atom stereocenters.